The van der Waals surface area contributed by atoms with Crippen molar-refractivity contribution >= 4 is 29.0 Å². The third-order valence-electron chi connectivity index (χ3n) is 5.68. The molecule has 0 spiro atoms. The molecule has 9 heteroatoms. The summed E-state index contributed by atoms with van der Waals surface area (Å²) in [6, 6.07) is 15.2. The maximum atomic E-state index is 12.5. The van der Waals surface area contributed by atoms with E-state index >= 15 is 0 Å². The van der Waals surface area contributed by atoms with Crippen LogP contribution >= 0.6 is 11.3 Å². The maximum absolute atomic E-state index is 12.5. The number of benzene rings is 2. The molecule has 0 aliphatic carbocycles. The van der Waals surface area contributed by atoms with E-state index in [1.54, 1.807) is 31.4 Å². The van der Waals surface area contributed by atoms with Gasteiger partial charge in [-0.05, 0) is 49.6 Å². The molecule has 4 rings (SSSR count). The molecule has 1 saturated heterocycles. The molecule has 0 bridgehead atoms. The van der Waals surface area contributed by atoms with Crippen LogP contribution in [0, 0.1) is 6.92 Å². The Balaban J connectivity index is 1.26. The Morgan fingerprint density at radius 1 is 1.06 bits per heavy atom. The van der Waals surface area contributed by atoms with Gasteiger partial charge in [-0.1, -0.05) is 41.2 Å². The number of likely N-dealkylation sites (tertiary alicyclic amines) is 1. The van der Waals surface area contributed by atoms with Crippen molar-refractivity contribution in [3.8, 4) is 5.75 Å². The molecule has 3 amide bonds. The van der Waals surface area contributed by atoms with Crippen LogP contribution < -0.4 is 15.4 Å². The molecule has 1 aliphatic heterocycles. The summed E-state index contributed by atoms with van der Waals surface area (Å²) >= 11 is 1.31. The second kappa shape index (κ2) is 10.4. The summed E-state index contributed by atoms with van der Waals surface area (Å²) < 4.78 is 5.13. The monoisotopic (exact) mass is 465 g/mol. The van der Waals surface area contributed by atoms with E-state index in [-0.39, 0.29) is 17.9 Å². The molecule has 0 saturated carbocycles. The number of methoxy groups -OCH3 is 1. The number of piperidine rings is 1. The van der Waals surface area contributed by atoms with Crippen molar-refractivity contribution in [3.05, 3.63) is 69.7 Å². The Bertz CT molecular complexity index is 1090. The Morgan fingerprint density at radius 3 is 2.42 bits per heavy atom. The van der Waals surface area contributed by atoms with Crippen molar-refractivity contribution in [2.75, 3.05) is 25.5 Å². The molecule has 8 nitrogen and oxygen atoms in total. The molecule has 2 aromatic carbocycles. The molecule has 1 aliphatic rings. The number of carbonyl (C=O) groups is 2. The number of hydrogen-bond donors (Lipinski definition) is 2. The van der Waals surface area contributed by atoms with Crippen molar-refractivity contribution in [2.45, 2.75) is 32.2 Å². The lowest BCUT2D eigenvalue weighted by Gasteiger charge is -2.31. The zero-order chi connectivity index (χ0) is 23.2. The van der Waals surface area contributed by atoms with Crippen molar-refractivity contribution in [1.82, 2.24) is 20.4 Å². The third kappa shape index (κ3) is 5.87. The minimum absolute atomic E-state index is 0.0501. The topological polar surface area (TPSA) is 96.4 Å². The molecule has 0 radical (unpaired) electrons. The van der Waals surface area contributed by atoms with Gasteiger partial charge < -0.3 is 20.3 Å². The van der Waals surface area contributed by atoms with Crippen molar-refractivity contribution in [2.24, 2.45) is 0 Å². The van der Waals surface area contributed by atoms with E-state index < -0.39 is 0 Å². The van der Waals surface area contributed by atoms with Gasteiger partial charge in [0.25, 0.3) is 5.91 Å². The highest BCUT2D eigenvalue weighted by Crippen LogP contribution is 2.30. The number of rotatable bonds is 6. The summed E-state index contributed by atoms with van der Waals surface area (Å²) in [5, 5.41) is 15.3. The molecule has 1 aromatic heterocycles. The van der Waals surface area contributed by atoms with E-state index in [9.17, 15) is 9.59 Å². The fourth-order valence-electron chi connectivity index (χ4n) is 3.68. The molecule has 2 N–H and O–H groups in total. The van der Waals surface area contributed by atoms with Crippen LogP contribution in [0.15, 0.2) is 48.5 Å². The lowest BCUT2D eigenvalue weighted by atomic mass is 9.98. The summed E-state index contributed by atoms with van der Waals surface area (Å²) in [4.78, 5) is 26.9. The SMILES string of the molecule is COc1ccc(NC(=O)c2nnc(C3CCN(C(=O)NCc4ccc(C)cc4)CC3)s2)cc1. The minimum atomic E-state index is -0.281. The van der Waals surface area contributed by atoms with Gasteiger partial charge in [0.05, 0.1) is 7.11 Å². The second-order valence-corrected chi connectivity index (χ2v) is 9.04. The molecule has 172 valence electrons. The van der Waals surface area contributed by atoms with Crippen molar-refractivity contribution in [1.29, 1.82) is 0 Å². The van der Waals surface area contributed by atoms with Crippen molar-refractivity contribution < 1.29 is 14.3 Å². The molecule has 33 heavy (non-hydrogen) atoms. The van der Waals surface area contributed by atoms with Crippen LogP contribution in [0.3, 0.4) is 0 Å². The summed E-state index contributed by atoms with van der Waals surface area (Å²) in [6.07, 6.45) is 1.60. The van der Waals surface area contributed by atoms with Crippen molar-refractivity contribution in [3.63, 3.8) is 0 Å². The van der Waals surface area contributed by atoms with Crippen LogP contribution in [0.2, 0.25) is 0 Å². The summed E-state index contributed by atoms with van der Waals surface area (Å²) in [7, 11) is 1.60. The van der Waals surface area contributed by atoms with E-state index in [0.717, 1.165) is 29.2 Å². The first kappa shape index (κ1) is 22.7. The van der Waals surface area contributed by atoms with Gasteiger partial charge in [-0.25, -0.2) is 4.79 Å². The fourth-order valence-corrected chi connectivity index (χ4v) is 4.58. The normalized spacial score (nSPS) is 14.1. The van der Waals surface area contributed by atoms with Gasteiger partial charge in [-0.15, -0.1) is 10.2 Å². The number of anilines is 1. The highest BCUT2D eigenvalue weighted by molar-refractivity contribution is 7.13. The van der Waals surface area contributed by atoms with E-state index in [1.807, 2.05) is 36.1 Å². The quantitative estimate of drug-likeness (QED) is 0.569. The van der Waals surface area contributed by atoms with E-state index in [0.29, 0.717) is 30.3 Å². The van der Waals surface area contributed by atoms with Crippen LogP contribution in [0.1, 0.15) is 44.7 Å². The number of nitrogens with one attached hydrogen (secondary N) is 2. The zero-order valence-electron chi connectivity index (χ0n) is 18.7. The predicted octanol–water partition coefficient (Wildman–Crippen LogP) is 4.20. The standard InChI is InChI=1S/C24H27N5O3S/c1-16-3-5-17(6-4-16)15-25-24(31)29-13-11-18(12-14-29)22-27-28-23(33-22)21(30)26-19-7-9-20(32-2)10-8-19/h3-10,18H,11-15H2,1-2H3,(H,25,31)(H,26,30). The van der Waals surface area contributed by atoms with Crippen LogP contribution in [-0.4, -0.2) is 47.2 Å². The second-order valence-electron chi connectivity index (χ2n) is 8.03. The molecule has 3 aromatic rings. The van der Waals surface area contributed by atoms with E-state index in [2.05, 4.69) is 20.8 Å². The number of nitrogens with zero attached hydrogens (tertiary/aromatic N) is 3. The van der Waals surface area contributed by atoms with Gasteiger partial charge in [0.1, 0.15) is 10.8 Å². The molecular weight excluding hydrogens is 438 g/mol. The molecule has 0 unspecified atom stereocenters. The lowest BCUT2D eigenvalue weighted by Crippen LogP contribution is -2.43. The predicted molar refractivity (Wildman–Crippen MR) is 128 cm³/mol. The first-order valence-corrected chi connectivity index (χ1v) is 11.7. The van der Waals surface area contributed by atoms with Crippen LogP contribution in [-0.2, 0) is 6.54 Å². The van der Waals surface area contributed by atoms with Crippen LogP contribution in [0.25, 0.3) is 0 Å². The molecule has 2 heterocycles. The number of amides is 3. The first-order chi connectivity index (χ1) is 16.0. The largest absolute Gasteiger partial charge is 0.497 e. The average Bonchev–Trinajstić information content (AvgIpc) is 3.35. The van der Waals surface area contributed by atoms with Gasteiger partial charge >= 0.3 is 6.03 Å². The van der Waals surface area contributed by atoms with Gasteiger partial charge in [0.15, 0.2) is 0 Å². The zero-order valence-corrected chi connectivity index (χ0v) is 19.5. The summed E-state index contributed by atoms with van der Waals surface area (Å²) in [5.74, 6) is 0.643. The average molecular weight is 466 g/mol. The van der Waals surface area contributed by atoms with Gasteiger partial charge in [-0.2, -0.15) is 0 Å². The molecule has 1 fully saturated rings. The number of hydrogen-bond acceptors (Lipinski definition) is 6. The Hall–Kier alpha value is -3.46. The first-order valence-electron chi connectivity index (χ1n) is 10.9. The summed E-state index contributed by atoms with van der Waals surface area (Å²) in [6.45, 7) is 3.86. The number of carbonyl (C=O) groups excluding carboxylic acids is 2. The maximum Gasteiger partial charge on any atom is 0.317 e. The minimum Gasteiger partial charge on any atom is -0.497 e. The van der Waals surface area contributed by atoms with Gasteiger partial charge in [0.2, 0.25) is 5.01 Å². The molecule has 0 atom stereocenters. The fraction of sp³-hybridized carbons (Fsp3) is 0.333. The lowest BCUT2D eigenvalue weighted by molar-refractivity contribution is 0.102. The highest BCUT2D eigenvalue weighted by atomic mass is 32.1. The highest BCUT2D eigenvalue weighted by Gasteiger charge is 2.27. The van der Waals surface area contributed by atoms with E-state index in [4.69, 9.17) is 4.74 Å². The number of urea groups is 1. The summed E-state index contributed by atoms with van der Waals surface area (Å²) in [5.41, 5.74) is 2.95. The Labute approximate surface area is 197 Å². The number of aromatic nitrogens is 2. The smallest absolute Gasteiger partial charge is 0.317 e. The van der Waals surface area contributed by atoms with Gasteiger partial charge in [-0.3, -0.25) is 4.79 Å². The Kier molecular flexibility index (Phi) is 7.19. The number of ether oxygens (including phenoxy) is 1. The van der Waals surface area contributed by atoms with Gasteiger partial charge in [0, 0.05) is 31.2 Å². The van der Waals surface area contributed by atoms with Crippen LogP contribution in [0.4, 0.5) is 10.5 Å². The third-order valence-corrected chi connectivity index (χ3v) is 6.76. The molecular formula is C24H27N5O3S. The van der Waals surface area contributed by atoms with Crippen LogP contribution in [0.5, 0.6) is 5.75 Å². The Morgan fingerprint density at radius 2 is 1.76 bits per heavy atom. The van der Waals surface area contributed by atoms with E-state index in [1.165, 1.54) is 16.9 Å². The number of aryl methyl sites for hydroxylation is 1.